The first-order valence-corrected chi connectivity index (χ1v) is 26.4. The van der Waals surface area contributed by atoms with Crippen molar-refractivity contribution in [2.24, 2.45) is 5.92 Å². The minimum absolute atomic E-state index is 0.117. The Kier molecular flexibility index (Phi) is 11.4. The Bertz CT molecular complexity index is 3650. The van der Waals surface area contributed by atoms with Gasteiger partial charge in [0, 0.05) is 56.2 Å². The molecule has 2 bridgehead atoms. The first-order valence-electron chi connectivity index (χ1n) is 26.4. The molecule has 0 N–H and O–H groups in total. The summed E-state index contributed by atoms with van der Waals surface area (Å²) in [4.78, 5) is 4.94. The quantitative estimate of drug-likeness (QED) is 0.142. The molecular formula is C72H64N2. The van der Waals surface area contributed by atoms with Crippen LogP contribution in [-0.4, -0.2) is 0 Å². The van der Waals surface area contributed by atoms with Gasteiger partial charge in [0.1, 0.15) is 0 Å². The molecule has 0 saturated heterocycles. The molecule has 0 spiro atoms. The molecule has 2 nitrogen and oxygen atoms in total. The number of hydrogen-bond acceptors (Lipinski definition) is 2. The molecule has 2 heteroatoms. The Balaban J connectivity index is 0.968. The van der Waals surface area contributed by atoms with E-state index >= 15 is 0 Å². The molecule has 1 unspecified atom stereocenters. The second kappa shape index (κ2) is 18.1. The van der Waals surface area contributed by atoms with Crippen molar-refractivity contribution in [3.63, 3.8) is 0 Å². The van der Waals surface area contributed by atoms with Crippen LogP contribution in [0.2, 0.25) is 0 Å². The molecule has 5 aliphatic rings. The van der Waals surface area contributed by atoms with Crippen LogP contribution in [-0.2, 0) is 16.2 Å². The zero-order valence-corrected chi connectivity index (χ0v) is 43.8. The van der Waals surface area contributed by atoms with Gasteiger partial charge in [0.2, 0.25) is 0 Å². The SMILES string of the molecule is C=C1/C(=C\C(=C/C)N(c2ccccc2)c2cccc3c2-c2cc4c(cc2C3(C)C)C2=CC(C=C(N(c3ccc(C5=CC=CC=CC5)cc3)c3ccc(-c5ccccc5)cc3)C=C2)C4(C)C)C(C)(C)c2ccccc21. The topological polar surface area (TPSA) is 6.48 Å². The number of hydrogen-bond donors (Lipinski definition) is 0. The summed E-state index contributed by atoms with van der Waals surface area (Å²) < 4.78 is 0. The van der Waals surface area contributed by atoms with Crippen molar-refractivity contribution in [2.45, 2.75) is 71.1 Å². The highest BCUT2D eigenvalue weighted by molar-refractivity contribution is 5.97. The first kappa shape index (κ1) is 46.8. The van der Waals surface area contributed by atoms with Gasteiger partial charge >= 0.3 is 0 Å². The molecule has 0 heterocycles. The van der Waals surface area contributed by atoms with E-state index in [0.717, 1.165) is 40.5 Å². The highest BCUT2D eigenvalue weighted by Crippen LogP contribution is 2.58. The molecule has 0 amide bonds. The van der Waals surface area contributed by atoms with Crippen LogP contribution in [0.25, 0.3) is 39.0 Å². The maximum absolute atomic E-state index is 4.70. The number of anilines is 4. The fourth-order valence-corrected chi connectivity index (χ4v) is 12.6. The van der Waals surface area contributed by atoms with Crippen LogP contribution in [0.4, 0.5) is 22.7 Å². The minimum atomic E-state index is -0.246. The van der Waals surface area contributed by atoms with Crippen molar-refractivity contribution < 1.29 is 0 Å². The first-order chi connectivity index (χ1) is 35.8. The molecule has 1 atom stereocenters. The molecule has 7 aromatic carbocycles. The van der Waals surface area contributed by atoms with E-state index in [-0.39, 0.29) is 22.2 Å². The van der Waals surface area contributed by atoms with Crippen molar-refractivity contribution in [1.82, 2.24) is 0 Å². The van der Waals surface area contributed by atoms with Crippen LogP contribution in [0.5, 0.6) is 0 Å². The van der Waals surface area contributed by atoms with Crippen LogP contribution >= 0.6 is 0 Å². The summed E-state index contributed by atoms with van der Waals surface area (Å²) in [7, 11) is 0. The lowest BCUT2D eigenvalue weighted by molar-refractivity contribution is 0.438. The second-order valence-electron chi connectivity index (χ2n) is 22.2. The van der Waals surface area contributed by atoms with E-state index in [1.54, 1.807) is 0 Å². The van der Waals surface area contributed by atoms with Gasteiger partial charge in [0.25, 0.3) is 0 Å². The number of rotatable bonds is 9. The fourth-order valence-electron chi connectivity index (χ4n) is 12.6. The average Bonchev–Trinajstić information content (AvgIpc) is 3.64. The summed E-state index contributed by atoms with van der Waals surface area (Å²) in [6.45, 7) is 21.3. The van der Waals surface area contributed by atoms with Crippen LogP contribution in [0.1, 0.15) is 93.8 Å². The standard InChI is InChI=1S/C72H64N2/c1-9-55(45-65-48(2)60-29-20-21-30-63(60)71(65,5)6)74(56-27-18-13-19-28-56)68-32-22-31-64-69(68)62-47-66-61(46-67(62)72(64,7)8)53-37-42-59(44-54(43-53)70(66,3)4)73(58-40-35-52(36-41-58)50-25-16-12-17-26-50)57-38-33-51(34-39-57)49-23-14-10-11-15-24-49/h9-23,25-47,54H,2,24H2,1,3-8H3/b55-9+,65-45+. The lowest BCUT2D eigenvalue weighted by Gasteiger charge is -2.38. The van der Waals surface area contributed by atoms with Gasteiger partial charge in [-0.25, -0.2) is 0 Å². The highest BCUT2D eigenvalue weighted by Gasteiger charge is 2.44. The lowest BCUT2D eigenvalue weighted by atomic mass is 9.65. The normalized spacial score (nSPS) is 18.8. The highest BCUT2D eigenvalue weighted by atomic mass is 15.2. The third-order valence-electron chi connectivity index (χ3n) is 16.8. The van der Waals surface area contributed by atoms with Crippen molar-refractivity contribution >= 4 is 39.5 Å². The van der Waals surface area contributed by atoms with E-state index in [1.807, 2.05) is 0 Å². The summed E-state index contributed by atoms with van der Waals surface area (Å²) in [5.74, 6) is 0.117. The van der Waals surface area contributed by atoms with Gasteiger partial charge in [-0.3, -0.25) is 0 Å². The number of para-hydroxylation sites is 1. The summed E-state index contributed by atoms with van der Waals surface area (Å²) >= 11 is 0. The zero-order valence-electron chi connectivity index (χ0n) is 43.8. The van der Waals surface area contributed by atoms with Crippen molar-refractivity contribution in [1.29, 1.82) is 0 Å². The molecule has 0 fully saturated rings. The van der Waals surface area contributed by atoms with Gasteiger partial charge in [0.15, 0.2) is 0 Å². The maximum Gasteiger partial charge on any atom is 0.0543 e. The van der Waals surface area contributed by atoms with Gasteiger partial charge in [-0.05, 0) is 158 Å². The largest absolute Gasteiger partial charge is 0.311 e. The van der Waals surface area contributed by atoms with Gasteiger partial charge in [-0.2, -0.15) is 0 Å². The van der Waals surface area contributed by atoms with Gasteiger partial charge in [-0.15, -0.1) is 0 Å². The Morgan fingerprint density at radius 3 is 1.92 bits per heavy atom. The monoisotopic (exact) mass is 957 g/mol. The number of benzene rings is 7. The number of nitrogens with zero attached hydrogens (tertiary/aromatic N) is 2. The molecule has 0 aromatic heterocycles. The van der Waals surface area contributed by atoms with Crippen LogP contribution in [0, 0.1) is 5.92 Å². The lowest BCUT2D eigenvalue weighted by Crippen LogP contribution is -2.31. The van der Waals surface area contributed by atoms with Crippen molar-refractivity contribution in [3.8, 4) is 22.3 Å². The summed E-state index contributed by atoms with van der Waals surface area (Å²) in [6.07, 6.45) is 26.2. The fraction of sp³-hybridized carbons (Fsp3) is 0.167. The predicted octanol–water partition coefficient (Wildman–Crippen LogP) is 19.1. The van der Waals surface area contributed by atoms with Gasteiger partial charge in [0.05, 0.1) is 5.69 Å². The molecule has 12 rings (SSSR count). The van der Waals surface area contributed by atoms with E-state index < -0.39 is 0 Å². The molecule has 362 valence electrons. The maximum atomic E-state index is 4.70. The molecule has 74 heavy (non-hydrogen) atoms. The second-order valence-corrected chi connectivity index (χ2v) is 22.2. The minimum Gasteiger partial charge on any atom is -0.311 e. The number of fused-ring (bicyclic) bond motifs is 7. The Morgan fingerprint density at radius 2 is 1.20 bits per heavy atom. The predicted molar refractivity (Wildman–Crippen MR) is 316 cm³/mol. The zero-order chi connectivity index (χ0) is 50.9. The Labute approximate surface area is 439 Å². The van der Waals surface area contributed by atoms with Gasteiger partial charge < -0.3 is 9.80 Å². The summed E-state index contributed by atoms with van der Waals surface area (Å²) in [5, 5.41) is 0. The van der Waals surface area contributed by atoms with E-state index in [4.69, 9.17) is 6.58 Å². The summed E-state index contributed by atoms with van der Waals surface area (Å²) in [6, 6.07) is 60.7. The summed E-state index contributed by atoms with van der Waals surface area (Å²) in [5.41, 5.74) is 25.3. The van der Waals surface area contributed by atoms with E-state index in [1.165, 1.54) is 83.6 Å². The van der Waals surface area contributed by atoms with Crippen molar-refractivity contribution in [2.75, 3.05) is 9.80 Å². The number of allylic oxidation sites excluding steroid dienone is 15. The Morgan fingerprint density at radius 1 is 0.554 bits per heavy atom. The average molecular weight is 957 g/mol. The molecule has 7 aromatic rings. The molecule has 0 aliphatic heterocycles. The van der Waals surface area contributed by atoms with E-state index in [2.05, 4.69) is 289 Å². The van der Waals surface area contributed by atoms with Crippen LogP contribution in [0.15, 0.2) is 254 Å². The molecular weight excluding hydrogens is 893 g/mol. The van der Waals surface area contributed by atoms with Crippen LogP contribution < -0.4 is 9.80 Å². The third kappa shape index (κ3) is 7.70. The third-order valence-corrected chi connectivity index (χ3v) is 16.8. The molecule has 0 radical (unpaired) electrons. The van der Waals surface area contributed by atoms with Gasteiger partial charge in [-0.1, -0.05) is 212 Å². The van der Waals surface area contributed by atoms with E-state index in [9.17, 15) is 0 Å². The molecule has 5 aliphatic carbocycles. The van der Waals surface area contributed by atoms with Crippen LogP contribution in [0.3, 0.4) is 0 Å². The van der Waals surface area contributed by atoms with Crippen molar-refractivity contribution in [3.05, 3.63) is 293 Å². The van der Waals surface area contributed by atoms with E-state index in [0.29, 0.717) is 0 Å². The smallest absolute Gasteiger partial charge is 0.0543 e. The Hall–Kier alpha value is -8.20. The molecule has 0 saturated carbocycles.